The van der Waals surface area contributed by atoms with E-state index in [1.807, 2.05) is 18.2 Å². The number of primary amides is 1. The number of nitrogens with two attached hydrogens (primary N) is 1. The fourth-order valence-corrected chi connectivity index (χ4v) is 5.88. The third kappa shape index (κ3) is 4.24. The number of nitrogens with zero attached hydrogens (tertiary/aromatic N) is 2. The number of aromatic nitrogens is 1. The number of piperidine rings is 1. The van der Waals surface area contributed by atoms with Gasteiger partial charge in [-0.15, -0.1) is 0 Å². The Morgan fingerprint density at radius 2 is 1.81 bits per heavy atom. The Morgan fingerprint density at radius 3 is 2.35 bits per heavy atom. The summed E-state index contributed by atoms with van der Waals surface area (Å²) in [6.45, 7) is 1.16. The quantitative estimate of drug-likeness (QED) is 0.671. The van der Waals surface area contributed by atoms with Crippen molar-refractivity contribution < 1.29 is 18.0 Å². The van der Waals surface area contributed by atoms with Gasteiger partial charge in [-0.2, -0.15) is 4.31 Å². The van der Waals surface area contributed by atoms with Gasteiger partial charge in [-0.25, -0.2) is 8.42 Å². The Hall–Kier alpha value is -2.65. The second kappa shape index (κ2) is 8.12. The molecule has 0 bridgehead atoms. The highest BCUT2D eigenvalue weighted by Gasteiger charge is 2.44. The van der Waals surface area contributed by atoms with Gasteiger partial charge in [-0.1, -0.05) is 30.3 Å². The molecule has 2 aromatic rings. The molecular formula is C22H28N4O4S. The highest BCUT2D eigenvalue weighted by molar-refractivity contribution is 7.89. The van der Waals surface area contributed by atoms with Gasteiger partial charge in [0.25, 0.3) is 5.91 Å². The molecule has 1 aromatic heterocycles. The molecular weight excluding hydrogens is 416 g/mol. The second-order valence-corrected chi connectivity index (χ2v) is 10.5. The lowest BCUT2D eigenvalue weighted by Gasteiger charge is -2.30. The Kier molecular flexibility index (Phi) is 5.65. The van der Waals surface area contributed by atoms with Crippen molar-refractivity contribution in [2.24, 2.45) is 18.7 Å². The summed E-state index contributed by atoms with van der Waals surface area (Å²) >= 11 is 0. The molecule has 0 spiro atoms. The highest BCUT2D eigenvalue weighted by atomic mass is 32.2. The summed E-state index contributed by atoms with van der Waals surface area (Å²) in [6.07, 6.45) is 4.47. The first-order valence-electron chi connectivity index (χ1n) is 10.5. The van der Waals surface area contributed by atoms with Gasteiger partial charge in [0.15, 0.2) is 0 Å². The molecule has 1 aliphatic heterocycles. The first kappa shape index (κ1) is 21.6. The summed E-state index contributed by atoms with van der Waals surface area (Å²) in [5.41, 5.74) is 6.73. The van der Waals surface area contributed by atoms with Crippen LogP contribution >= 0.6 is 0 Å². The molecule has 166 valence electrons. The number of aryl methyl sites for hydroxylation is 1. The van der Waals surface area contributed by atoms with E-state index in [9.17, 15) is 18.0 Å². The van der Waals surface area contributed by atoms with E-state index >= 15 is 0 Å². The van der Waals surface area contributed by atoms with Crippen LogP contribution in [0.2, 0.25) is 0 Å². The van der Waals surface area contributed by atoms with Crippen molar-refractivity contribution >= 4 is 21.8 Å². The molecule has 1 aliphatic carbocycles. The Bertz CT molecular complexity index is 1080. The van der Waals surface area contributed by atoms with Gasteiger partial charge in [0.2, 0.25) is 15.9 Å². The van der Waals surface area contributed by atoms with E-state index < -0.39 is 15.9 Å². The molecule has 8 nitrogen and oxygen atoms in total. The number of benzene rings is 1. The van der Waals surface area contributed by atoms with Crippen LogP contribution in [0.5, 0.6) is 0 Å². The standard InChI is InChI=1S/C22H28N4O4S/c1-25-14-18(13-19(25)20(23)27)31(29,30)26-11-7-16(8-12-26)21(28)24-15-22(9-10-22)17-5-3-2-4-6-17/h2-6,13-14,16H,7-12,15H2,1H3,(H2,23,27)(H,24,28). The van der Waals surface area contributed by atoms with Gasteiger partial charge in [-0.05, 0) is 37.3 Å². The van der Waals surface area contributed by atoms with Crippen LogP contribution < -0.4 is 11.1 Å². The van der Waals surface area contributed by atoms with Gasteiger partial charge in [0.05, 0.1) is 0 Å². The molecule has 3 N–H and O–H groups in total. The van der Waals surface area contributed by atoms with Gasteiger partial charge >= 0.3 is 0 Å². The number of nitrogens with one attached hydrogen (secondary N) is 1. The summed E-state index contributed by atoms with van der Waals surface area (Å²) in [5, 5.41) is 3.10. The van der Waals surface area contributed by atoms with E-state index in [1.165, 1.54) is 26.7 Å². The van der Waals surface area contributed by atoms with E-state index in [0.717, 1.165) is 12.8 Å². The molecule has 1 saturated heterocycles. The third-order valence-electron chi connectivity index (χ3n) is 6.54. The van der Waals surface area contributed by atoms with Crippen LogP contribution in [0.15, 0.2) is 47.5 Å². The molecule has 2 fully saturated rings. The maximum Gasteiger partial charge on any atom is 0.265 e. The zero-order valence-corrected chi connectivity index (χ0v) is 18.4. The molecule has 9 heteroatoms. The van der Waals surface area contributed by atoms with Crippen LogP contribution in [-0.4, -0.2) is 48.7 Å². The minimum absolute atomic E-state index is 0.00465. The molecule has 2 aliphatic rings. The first-order valence-corrected chi connectivity index (χ1v) is 12.0. The Labute approximate surface area is 182 Å². The van der Waals surface area contributed by atoms with Crippen molar-refractivity contribution in [2.75, 3.05) is 19.6 Å². The van der Waals surface area contributed by atoms with Crippen molar-refractivity contribution in [3.05, 3.63) is 53.9 Å². The molecule has 31 heavy (non-hydrogen) atoms. The fourth-order valence-electron chi connectivity index (χ4n) is 4.34. The second-order valence-electron chi connectivity index (χ2n) is 8.58. The van der Waals surface area contributed by atoms with Gasteiger partial charge < -0.3 is 15.6 Å². The van der Waals surface area contributed by atoms with E-state index in [-0.39, 0.29) is 40.9 Å². The minimum Gasteiger partial charge on any atom is -0.364 e. The number of rotatable bonds is 7. The van der Waals surface area contributed by atoms with Crippen molar-refractivity contribution in [3.63, 3.8) is 0 Å². The smallest absolute Gasteiger partial charge is 0.265 e. The van der Waals surface area contributed by atoms with Crippen LogP contribution in [0, 0.1) is 5.92 Å². The normalized spacial score (nSPS) is 19.1. The third-order valence-corrected chi connectivity index (χ3v) is 8.40. The van der Waals surface area contributed by atoms with Crippen molar-refractivity contribution in [1.29, 1.82) is 0 Å². The molecule has 1 saturated carbocycles. The van der Waals surface area contributed by atoms with Gasteiger partial charge in [0, 0.05) is 44.2 Å². The predicted octanol–water partition coefficient (Wildman–Crippen LogP) is 1.37. The van der Waals surface area contributed by atoms with Crippen molar-refractivity contribution in [3.8, 4) is 0 Å². The largest absolute Gasteiger partial charge is 0.364 e. The predicted molar refractivity (Wildman–Crippen MR) is 116 cm³/mol. The van der Waals surface area contributed by atoms with Crippen LogP contribution in [0.1, 0.15) is 41.7 Å². The molecule has 2 heterocycles. The topological polar surface area (TPSA) is 114 Å². The summed E-state index contributed by atoms with van der Waals surface area (Å²) in [4.78, 5) is 24.2. The van der Waals surface area contributed by atoms with E-state index in [0.29, 0.717) is 19.4 Å². The van der Waals surface area contributed by atoms with Crippen LogP contribution in [0.4, 0.5) is 0 Å². The summed E-state index contributed by atoms with van der Waals surface area (Å²) in [5.74, 6) is -0.881. The number of amides is 2. The molecule has 1 aromatic carbocycles. The number of carbonyl (C=O) groups excluding carboxylic acids is 2. The lowest BCUT2D eigenvalue weighted by molar-refractivity contribution is -0.126. The van der Waals surface area contributed by atoms with Crippen LogP contribution in [0.25, 0.3) is 0 Å². The zero-order valence-electron chi connectivity index (χ0n) is 17.6. The fraction of sp³-hybridized carbons (Fsp3) is 0.455. The lowest BCUT2D eigenvalue weighted by atomic mass is 9.94. The molecule has 0 unspecified atom stereocenters. The van der Waals surface area contributed by atoms with Crippen molar-refractivity contribution in [2.45, 2.75) is 36.0 Å². The van der Waals surface area contributed by atoms with E-state index in [1.54, 1.807) is 7.05 Å². The SMILES string of the molecule is Cn1cc(S(=O)(=O)N2CCC(C(=O)NCC3(c4ccccc4)CC3)CC2)cc1C(N)=O. The van der Waals surface area contributed by atoms with Crippen LogP contribution in [0.3, 0.4) is 0 Å². The van der Waals surface area contributed by atoms with Gasteiger partial charge in [-0.3, -0.25) is 9.59 Å². The van der Waals surface area contributed by atoms with Crippen LogP contribution in [-0.2, 0) is 27.3 Å². The lowest BCUT2D eigenvalue weighted by Crippen LogP contribution is -2.44. The molecule has 0 atom stereocenters. The average Bonchev–Trinajstić information content (AvgIpc) is 3.46. The number of hydrogen-bond acceptors (Lipinski definition) is 4. The monoisotopic (exact) mass is 444 g/mol. The molecule has 2 amide bonds. The maximum atomic E-state index is 12.9. The van der Waals surface area contributed by atoms with E-state index in [4.69, 9.17) is 5.73 Å². The number of sulfonamides is 1. The number of carbonyl (C=O) groups is 2. The summed E-state index contributed by atoms with van der Waals surface area (Å²) in [7, 11) is -2.15. The molecule has 4 rings (SSSR count). The first-order chi connectivity index (χ1) is 14.7. The Balaban J connectivity index is 1.33. The highest BCUT2D eigenvalue weighted by Crippen LogP contribution is 2.47. The maximum absolute atomic E-state index is 12.9. The zero-order chi connectivity index (χ0) is 22.2. The average molecular weight is 445 g/mol. The number of hydrogen-bond donors (Lipinski definition) is 2. The summed E-state index contributed by atoms with van der Waals surface area (Å²) < 4.78 is 28.7. The van der Waals surface area contributed by atoms with Crippen molar-refractivity contribution in [1.82, 2.24) is 14.2 Å². The summed E-state index contributed by atoms with van der Waals surface area (Å²) in [6, 6.07) is 11.5. The molecule has 0 radical (unpaired) electrons. The van der Waals surface area contributed by atoms with Gasteiger partial charge in [0.1, 0.15) is 10.6 Å². The minimum atomic E-state index is -3.73. The van der Waals surface area contributed by atoms with E-state index in [2.05, 4.69) is 17.4 Å². The Morgan fingerprint density at radius 1 is 1.16 bits per heavy atom.